The van der Waals surface area contributed by atoms with Crippen LogP contribution in [0, 0.1) is 0 Å². The zero-order valence-electron chi connectivity index (χ0n) is 10.7. The van der Waals surface area contributed by atoms with Crippen molar-refractivity contribution in [3.63, 3.8) is 0 Å². The summed E-state index contributed by atoms with van der Waals surface area (Å²) in [7, 11) is 3.86. The Morgan fingerprint density at radius 2 is 1.67 bits per heavy atom. The highest BCUT2D eigenvalue weighted by Gasteiger charge is 2.15. The Morgan fingerprint density at radius 1 is 1.17 bits per heavy atom. The lowest BCUT2D eigenvalue weighted by molar-refractivity contribution is 0.111. The molecule has 3 N–H and O–H groups in total. The Hall–Kier alpha value is 0.0300. The minimum absolute atomic E-state index is 0. The lowest BCUT2D eigenvalue weighted by atomic mass is 10.0. The smallest absolute Gasteiger partial charge is 0.0820 e. The molecule has 108 valence electrons. The molecule has 1 aromatic rings. The van der Waals surface area contributed by atoms with Gasteiger partial charge in [0.2, 0.25) is 0 Å². The van der Waals surface area contributed by atoms with Crippen LogP contribution in [-0.4, -0.2) is 42.8 Å². The third-order valence-corrected chi connectivity index (χ3v) is 2.36. The van der Waals surface area contributed by atoms with E-state index in [1.807, 2.05) is 49.3 Å². The van der Waals surface area contributed by atoms with Crippen LogP contribution in [0.5, 0.6) is 0 Å². The summed E-state index contributed by atoms with van der Waals surface area (Å²) < 4.78 is 0. The highest BCUT2D eigenvalue weighted by Crippen LogP contribution is 2.04. The summed E-state index contributed by atoms with van der Waals surface area (Å²) in [6, 6.07) is 9.81. The van der Waals surface area contributed by atoms with Crippen molar-refractivity contribution in [3.05, 3.63) is 35.9 Å². The molecule has 0 aliphatic heterocycles. The van der Waals surface area contributed by atoms with Crippen LogP contribution in [-0.2, 0) is 6.42 Å². The van der Waals surface area contributed by atoms with Gasteiger partial charge in [-0.25, -0.2) is 0 Å². The normalized spacial score (nSPS) is 12.7. The van der Waals surface area contributed by atoms with E-state index < -0.39 is 6.10 Å². The molecule has 0 amide bonds. The van der Waals surface area contributed by atoms with Crippen molar-refractivity contribution in [2.24, 2.45) is 5.73 Å². The quantitative estimate of drug-likeness (QED) is 0.864. The number of aliphatic hydroxyl groups excluding tert-OH is 1. The minimum Gasteiger partial charge on any atom is -0.390 e. The van der Waals surface area contributed by atoms with Gasteiger partial charge < -0.3 is 15.7 Å². The Morgan fingerprint density at radius 3 is 2.11 bits per heavy atom. The predicted octanol–water partition coefficient (Wildman–Crippen LogP) is 1.44. The number of nitrogens with zero attached hydrogens (tertiary/aromatic N) is 1. The monoisotopic (exact) mass is 314 g/mol. The molecule has 1 rings (SSSR count). The zero-order chi connectivity index (χ0) is 11.3. The van der Waals surface area contributed by atoms with Crippen LogP contribution < -0.4 is 5.73 Å². The van der Waals surface area contributed by atoms with Gasteiger partial charge in [0.25, 0.3) is 0 Å². The molecule has 0 saturated heterocycles. The van der Waals surface area contributed by atoms with Crippen LogP contribution in [0.15, 0.2) is 30.3 Å². The Balaban J connectivity index is -0.000000750. The average molecular weight is 315 g/mol. The molecule has 0 fully saturated rings. The number of rotatable bonds is 5. The van der Waals surface area contributed by atoms with Gasteiger partial charge in [-0.2, -0.15) is 13.5 Å². The second-order valence-corrected chi connectivity index (χ2v) is 4.18. The van der Waals surface area contributed by atoms with Crippen molar-refractivity contribution < 1.29 is 5.11 Å². The summed E-state index contributed by atoms with van der Waals surface area (Å²) in [5.74, 6) is 0. The van der Waals surface area contributed by atoms with Gasteiger partial charge in [-0.1, -0.05) is 30.3 Å². The summed E-state index contributed by atoms with van der Waals surface area (Å²) in [5.41, 5.74) is 7.09. The van der Waals surface area contributed by atoms with Crippen LogP contribution >= 0.6 is 38.3 Å². The van der Waals surface area contributed by atoms with Gasteiger partial charge in [-0.05, 0) is 26.1 Å². The van der Waals surface area contributed by atoms with Gasteiger partial charge in [0.05, 0.1) is 6.10 Å². The third-order valence-electron chi connectivity index (χ3n) is 2.36. The topological polar surface area (TPSA) is 49.5 Å². The van der Waals surface area contributed by atoms with Gasteiger partial charge in [-0.15, -0.1) is 24.8 Å². The average Bonchev–Trinajstić information content (AvgIpc) is 2.18. The van der Waals surface area contributed by atoms with Crippen LogP contribution in [0.25, 0.3) is 0 Å². The van der Waals surface area contributed by atoms with Crippen LogP contribution in [0.4, 0.5) is 0 Å². The number of likely N-dealkylation sites (N-methyl/N-ethyl adjacent to an activating group) is 1. The van der Waals surface area contributed by atoms with Crippen LogP contribution in [0.1, 0.15) is 5.56 Å². The zero-order valence-corrected chi connectivity index (χ0v) is 13.4. The highest BCUT2D eigenvalue weighted by molar-refractivity contribution is 7.59. The number of hydrogen-bond acceptors (Lipinski definition) is 3. The molecule has 1 aromatic carbocycles. The van der Waals surface area contributed by atoms with E-state index in [1.54, 1.807) is 0 Å². The lowest BCUT2D eigenvalue weighted by Gasteiger charge is -2.22. The first-order valence-electron chi connectivity index (χ1n) is 5.22. The molecule has 0 aliphatic rings. The number of hydrogen-bond donors (Lipinski definition) is 2. The SMILES string of the molecule is CN(C)C[C@H](O)[C@H](N)Cc1ccccc1.Cl.Cl.S. The summed E-state index contributed by atoms with van der Waals surface area (Å²) in [5, 5.41) is 9.78. The maximum atomic E-state index is 9.78. The first kappa shape index (κ1) is 23.1. The molecular weight excluding hydrogens is 291 g/mol. The Bertz CT molecular complexity index is 289. The predicted molar refractivity (Wildman–Crippen MR) is 87.6 cm³/mol. The Labute approximate surface area is 129 Å². The molecule has 0 spiro atoms. The first-order valence-corrected chi connectivity index (χ1v) is 5.22. The maximum Gasteiger partial charge on any atom is 0.0820 e. The van der Waals surface area contributed by atoms with E-state index in [2.05, 4.69) is 0 Å². The minimum atomic E-state index is -0.472. The fourth-order valence-electron chi connectivity index (χ4n) is 1.53. The number of halogens is 2. The van der Waals surface area contributed by atoms with Gasteiger partial charge in [0, 0.05) is 12.6 Å². The van der Waals surface area contributed by atoms with Gasteiger partial charge in [-0.3, -0.25) is 0 Å². The van der Waals surface area contributed by atoms with E-state index in [9.17, 15) is 5.11 Å². The van der Waals surface area contributed by atoms with Crippen molar-refractivity contribution in [3.8, 4) is 0 Å². The van der Waals surface area contributed by atoms with Gasteiger partial charge in [0.15, 0.2) is 0 Å². The molecule has 3 nitrogen and oxygen atoms in total. The third kappa shape index (κ3) is 9.03. The summed E-state index contributed by atoms with van der Waals surface area (Å²) in [6.45, 7) is 0.605. The molecule has 2 atom stereocenters. The second kappa shape index (κ2) is 12.1. The van der Waals surface area contributed by atoms with E-state index in [4.69, 9.17) is 5.73 Å². The van der Waals surface area contributed by atoms with Crippen molar-refractivity contribution in [2.75, 3.05) is 20.6 Å². The summed E-state index contributed by atoms with van der Waals surface area (Å²) >= 11 is 0. The van der Waals surface area contributed by atoms with E-state index in [0.29, 0.717) is 6.54 Å². The lowest BCUT2D eigenvalue weighted by Crippen LogP contribution is -2.42. The van der Waals surface area contributed by atoms with Gasteiger partial charge >= 0.3 is 0 Å². The van der Waals surface area contributed by atoms with Crippen molar-refractivity contribution in [1.82, 2.24) is 4.90 Å². The van der Waals surface area contributed by atoms with Crippen molar-refractivity contribution in [2.45, 2.75) is 18.6 Å². The van der Waals surface area contributed by atoms with E-state index in [0.717, 1.165) is 6.42 Å². The fraction of sp³-hybridized carbons (Fsp3) is 0.500. The van der Waals surface area contributed by atoms with Crippen LogP contribution in [0.3, 0.4) is 0 Å². The molecule has 0 radical (unpaired) electrons. The molecule has 18 heavy (non-hydrogen) atoms. The summed E-state index contributed by atoms with van der Waals surface area (Å²) in [4.78, 5) is 1.94. The highest BCUT2D eigenvalue weighted by atomic mass is 35.5. The van der Waals surface area contributed by atoms with E-state index in [-0.39, 0.29) is 44.4 Å². The number of benzene rings is 1. The maximum absolute atomic E-state index is 9.78. The molecule has 0 saturated carbocycles. The van der Waals surface area contributed by atoms with Crippen LogP contribution in [0.2, 0.25) is 0 Å². The molecular formula is C12H24Cl2N2OS. The number of aliphatic hydroxyl groups is 1. The van der Waals surface area contributed by atoms with Crippen molar-refractivity contribution in [1.29, 1.82) is 0 Å². The first-order chi connectivity index (χ1) is 7.09. The molecule has 0 bridgehead atoms. The molecule has 0 aromatic heterocycles. The van der Waals surface area contributed by atoms with Gasteiger partial charge in [0.1, 0.15) is 0 Å². The molecule has 0 heterocycles. The van der Waals surface area contributed by atoms with E-state index >= 15 is 0 Å². The standard InChI is InChI=1S/C12H20N2O.2ClH.H2S/c1-14(2)9-12(15)11(13)8-10-6-4-3-5-7-10;;;/h3-7,11-12,15H,8-9,13H2,1-2H3;2*1H;1H2/t11-,12+;;;/m1.../s1. The van der Waals surface area contributed by atoms with Crippen molar-refractivity contribution >= 4 is 38.3 Å². The Kier molecular flexibility index (Phi) is 15.5. The largest absolute Gasteiger partial charge is 0.390 e. The number of nitrogens with two attached hydrogens (primary N) is 1. The molecule has 0 aliphatic carbocycles. The molecule has 6 heteroatoms. The fourth-order valence-corrected chi connectivity index (χ4v) is 1.53. The molecule has 0 unspecified atom stereocenters. The second-order valence-electron chi connectivity index (χ2n) is 4.18. The summed E-state index contributed by atoms with van der Waals surface area (Å²) in [6.07, 6.45) is 0.246. The van der Waals surface area contributed by atoms with E-state index in [1.165, 1.54) is 5.56 Å².